The molecule has 4 saturated carbocycles. The maximum Gasteiger partial charge on any atom is 0.255 e. The van der Waals surface area contributed by atoms with Gasteiger partial charge in [-0.05, 0) is 116 Å². The fraction of sp³-hybridized carbons (Fsp3) is 0.719. The van der Waals surface area contributed by atoms with Gasteiger partial charge in [0, 0.05) is 18.9 Å². The van der Waals surface area contributed by atoms with Crippen molar-refractivity contribution in [3.63, 3.8) is 0 Å². The molecule has 0 saturated heterocycles. The van der Waals surface area contributed by atoms with Crippen molar-refractivity contribution < 1.29 is 29.0 Å². The molecule has 0 bridgehead atoms. The van der Waals surface area contributed by atoms with Crippen LogP contribution in [0.1, 0.15) is 83.6 Å². The van der Waals surface area contributed by atoms with E-state index in [0.29, 0.717) is 53.3 Å². The number of nitrogens with two attached hydrogens (primary N) is 2. The summed E-state index contributed by atoms with van der Waals surface area (Å²) >= 11 is 0. The summed E-state index contributed by atoms with van der Waals surface area (Å²) in [5.41, 5.74) is 11.7. The van der Waals surface area contributed by atoms with Crippen LogP contribution >= 0.6 is 0 Å². The Bertz CT molecular complexity index is 1100. The largest absolute Gasteiger partial charge is 0.484 e. The second-order valence-corrected chi connectivity index (χ2v) is 13.6. The lowest BCUT2D eigenvalue weighted by molar-refractivity contribution is -0.159. The molecule has 4 fully saturated rings. The summed E-state index contributed by atoms with van der Waals surface area (Å²) in [6.45, 7) is 4.32. The highest BCUT2D eigenvalue weighted by atomic mass is 16.5. The number of aliphatic hydroxyl groups excluding tert-OH is 1. The number of carbonyl (C=O) groups excluding carboxylic acids is 3. The zero-order valence-corrected chi connectivity index (χ0v) is 24.0. The number of ketones is 1. The van der Waals surface area contributed by atoms with Crippen LogP contribution in [0.4, 0.5) is 0 Å². The Morgan fingerprint density at radius 3 is 2.30 bits per heavy atom. The topological polar surface area (TPSA) is 142 Å². The van der Waals surface area contributed by atoms with Crippen LogP contribution in [0.2, 0.25) is 0 Å². The normalized spacial score (nSPS) is 36.7. The lowest BCUT2D eigenvalue weighted by Crippen LogP contribution is -2.57. The SMILES string of the molecule is C[C@]12CCC(=O)CC1CC[C@@H]1[C@H]2C(CCCc2cc(OCC(N)=O)cc(OCC(N)=O)c2)C[C@]2(C)C(O)CC[C@@H]12. The van der Waals surface area contributed by atoms with E-state index in [-0.39, 0.29) is 30.1 Å². The molecule has 2 amide bonds. The molecule has 0 radical (unpaired) electrons. The van der Waals surface area contributed by atoms with Crippen molar-refractivity contribution in [2.24, 2.45) is 51.9 Å². The summed E-state index contributed by atoms with van der Waals surface area (Å²) in [5, 5.41) is 11.1. The number of rotatable bonds is 10. The van der Waals surface area contributed by atoms with Gasteiger partial charge in [-0.1, -0.05) is 13.8 Å². The third-order valence-corrected chi connectivity index (χ3v) is 11.2. The van der Waals surface area contributed by atoms with E-state index in [1.54, 1.807) is 6.07 Å². The van der Waals surface area contributed by atoms with Gasteiger partial charge in [0.15, 0.2) is 13.2 Å². The van der Waals surface area contributed by atoms with E-state index in [4.69, 9.17) is 20.9 Å². The van der Waals surface area contributed by atoms with Gasteiger partial charge < -0.3 is 26.0 Å². The summed E-state index contributed by atoms with van der Waals surface area (Å²) in [5.74, 6) is 2.99. The first kappa shape index (κ1) is 28.9. The minimum atomic E-state index is -0.568. The number of carbonyl (C=O) groups is 3. The van der Waals surface area contributed by atoms with Gasteiger partial charge in [-0.2, -0.15) is 0 Å². The summed E-state index contributed by atoms with van der Waals surface area (Å²) in [7, 11) is 0. The second-order valence-electron chi connectivity index (χ2n) is 13.6. The van der Waals surface area contributed by atoms with Gasteiger partial charge in [0.1, 0.15) is 17.3 Å². The van der Waals surface area contributed by atoms with Crippen molar-refractivity contribution in [1.29, 1.82) is 0 Å². The number of primary amides is 2. The number of Topliss-reactive ketones (excluding diaryl/α,β-unsaturated/α-hetero) is 1. The van der Waals surface area contributed by atoms with E-state index in [1.165, 1.54) is 6.42 Å². The van der Waals surface area contributed by atoms with Crippen molar-refractivity contribution >= 4 is 17.6 Å². The van der Waals surface area contributed by atoms with Gasteiger partial charge in [-0.3, -0.25) is 14.4 Å². The highest BCUT2D eigenvalue weighted by molar-refractivity contribution is 5.79. The maximum absolute atomic E-state index is 12.4. The Balaban J connectivity index is 1.35. The first-order valence-electron chi connectivity index (χ1n) is 15.2. The molecule has 3 unspecified atom stereocenters. The molecule has 8 nitrogen and oxygen atoms in total. The van der Waals surface area contributed by atoms with Crippen LogP contribution in [0.5, 0.6) is 11.5 Å². The summed E-state index contributed by atoms with van der Waals surface area (Å²) in [4.78, 5) is 34.9. The Hall–Kier alpha value is -2.61. The fourth-order valence-corrected chi connectivity index (χ4v) is 9.52. The standard InChI is InChI=1S/C32H46N2O6/c1-31-11-10-22(35)14-21(31)6-7-25-26-8-9-27(36)32(26,2)16-20(30(25)31)5-3-4-19-12-23(39-17-28(33)37)15-24(13-19)40-18-29(34)38/h12-13,15,20-21,25-27,30,36H,3-11,14,16-18H2,1-2H3,(H2,33,37)(H2,34,38)/t20?,21?,25-,26-,27?,30+,31-,32-/m0/s1. The number of amides is 2. The maximum atomic E-state index is 12.4. The predicted octanol–water partition coefficient (Wildman–Crippen LogP) is 3.94. The van der Waals surface area contributed by atoms with Gasteiger partial charge in [0.2, 0.25) is 0 Å². The summed E-state index contributed by atoms with van der Waals surface area (Å²) in [6, 6.07) is 5.43. The van der Waals surface area contributed by atoms with Crippen molar-refractivity contribution in [3.05, 3.63) is 23.8 Å². The Morgan fingerprint density at radius 2 is 1.65 bits per heavy atom. The lowest BCUT2D eigenvalue weighted by atomic mass is 9.42. The molecular weight excluding hydrogens is 508 g/mol. The molecule has 8 atom stereocenters. The molecular formula is C32H46N2O6. The number of benzene rings is 1. The molecule has 0 aliphatic heterocycles. The Morgan fingerprint density at radius 1 is 0.975 bits per heavy atom. The van der Waals surface area contributed by atoms with E-state index in [2.05, 4.69) is 13.8 Å². The van der Waals surface area contributed by atoms with E-state index < -0.39 is 11.8 Å². The van der Waals surface area contributed by atoms with Crippen LogP contribution in [0.15, 0.2) is 18.2 Å². The first-order chi connectivity index (χ1) is 19.0. The monoisotopic (exact) mass is 554 g/mol. The van der Waals surface area contributed by atoms with Gasteiger partial charge in [-0.25, -0.2) is 0 Å². The van der Waals surface area contributed by atoms with Gasteiger partial charge >= 0.3 is 0 Å². The van der Waals surface area contributed by atoms with Crippen LogP contribution in [0.25, 0.3) is 0 Å². The van der Waals surface area contributed by atoms with Crippen LogP contribution in [-0.2, 0) is 20.8 Å². The minimum absolute atomic E-state index is 0.0300. The number of aryl methyl sites for hydroxylation is 1. The van der Waals surface area contributed by atoms with Gasteiger partial charge in [0.25, 0.3) is 11.8 Å². The molecule has 40 heavy (non-hydrogen) atoms. The molecule has 4 aliphatic carbocycles. The van der Waals surface area contributed by atoms with Crippen LogP contribution in [0, 0.1) is 40.4 Å². The number of aliphatic hydroxyl groups is 1. The molecule has 0 heterocycles. The van der Waals surface area contributed by atoms with Gasteiger partial charge in [-0.15, -0.1) is 0 Å². The van der Waals surface area contributed by atoms with Crippen LogP contribution in [0.3, 0.4) is 0 Å². The average molecular weight is 555 g/mol. The third-order valence-electron chi connectivity index (χ3n) is 11.2. The predicted molar refractivity (Wildman–Crippen MR) is 150 cm³/mol. The molecule has 5 rings (SSSR count). The van der Waals surface area contributed by atoms with Gasteiger partial charge in [0.05, 0.1) is 6.10 Å². The molecule has 220 valence electrons. The summed E-state index contributed by atoms with van der Waals surface area (Å²) < 4.78 is 11.1. The molecule has 8 heteroatoms. The number of hydrogen-bond acceptors (Lipinski definition) is 6. The molecule has 1 aromatic carbocycles. The van der Waals surface area contributed by atoms with Crippen molar-refractivity contribution in [3.8, 4) is 11.5 Å². The van der Waals surface area contributed by atoms with Crippen molar-refractivity contribution in [2.45, 2.75) is 90.6 Å². The number of hydrogen-bond donors (Lipinski definition) is 3. The molecule has 0 aromatic heterocycles. The van der Waals surface area contributed by atoms with Crippen molar-refractivity contribution in [1.82, 2.24) is 0 Å². The van der Waals surface area contributed by atoms with Crippen LogP contribution in [-0.4, -0.2) is 42.0 Å². The minimum Gasteiger partial charge on any atom is -0.484 e. The summed E-state index contributed by atoms with van der Waals surface area (Å²) in [6.07, 6.45) is 10.4. The molecule has 0 spiro atoms. The quantitative estimate of drug-likeness (QED) is 0.400. The number of fused-ring (bicyclic) bond motifs is 5. The zero-order valence-electron chi connectivity index (χ0n) is 24.0. The number of ether oxygens (including phenoxy) is 2. The first-order valence-corrected chi connectivity index (χ1v) is 15.2. The Kier molecular flexibility index (Phi) is 8.20. The lowest BCUT2D eigenvalue weighted by Gasteiger charge is -2.62. The second kappa shape index (κ2) is 11.3. The molecule has 5 N–H and O–H groups in total. The van der Waals surface area contributed by atoms with Crippen LogP contribution < -0.4 is 20.9 Å². The van der Waals surface area contributed by atoms with E-state index in [1.807, 2.05) is 12.1 Å². The van der Waals surface area contributed by atoms with E-state index in [0.717, 1.165) is 63.4 Å². The van der Waals surface area contributed by atoms with Crippen molar-refractivity contribution in [2.75, 3.05) is 13.2 Å². The van der Waals surface area contributed by atoms with E-state index >= 15 is 0 Å². The highest BCUT2D eigenvalue weighted by Crippen LogP contribution is 2.68. The average Bonchev–Trinajstić information content (AvgIpc) is 3.20. The molecule has 4 aliphatic rings. The Labute approximate surface area is 237 Å². The smallest absolute Gasteiger partial charge is 0.255 e. The third kappa shape index (κ3) is 5.61. The molecule has 1 aromatic rings. The highest BCUT2D eigenvalue weighted by Gasteiger charge is 2.62. The fourth-order valence-electron chi connectivity index (χ4n) is 9.52. The zero-order chi connectivity index (χ0) is 28.7. The van der Waals surface area contributed by atoms with E-state index in [9.17, 15) is 19.5 Å².